The molecule has 0 bridgehead atoms. The Balaban J connectivity index is 1.45. The van der Waals surface area contributed by atoms with E-state index in [1.54, 1.807) is 18.2 Å². The highest BCUT2D eigenvalue weighted by molar-refractivity contribution is 7.89. The first-order valence-corrected chi connectivity index (χ1v) is 12.7. The average molecular weight is 446 g/mol. The molecule has 1 aromatic rings. The summed E-state index contributed by atoms with van der Waals surface area (Å²) in [7, 11) is -7.32. The van der Waals surface area contributed by atoms with Gasteiger partial charge in [0.15, 0.2) is 0 Å². The summed E-state index contributed by atoms with van der Waals surface area (Å²) >= 11 is 0. The average Bonchev–Trinajstić information content (AvgIpc) is 3.15. The number of sulfonamides is 1. The summed E-state index contributed by atoms with van der Waals surface area (Å²) in [5, 5.41) is 0. The van der Waals surface area contributed by atoms with Crippen molar-refractivity contribution < 1.29 is 26.3 Å². The molecule has 9 nitrogen and oxygen atoms in total. The van der Waals surface area contributed by atoms with E-state index in [0.717, 1.165) is 11.3 Å². The van der Waals surface area contributed by atoms with E-state index in [2.05, 4.69) is 0 Å². The quantitative estimate of drug-likeness (QED) is 0.661. The van der Waals surface area contributed by atoms with Gasteiger partial charge in [0.25, 0.3) is 10.2 Å². The lowest BCUT2D eigenvalue weighted by Crippen LogP contribution is -2.57. The molecule has 2 fully saturated rings. The summed E-state index contributed by atoms with van der Waals surface area (Å²) in [6.07, 6.45) is 0.360. The number of morpholine rings is 1. The van der Waals surface area contributed by atoms with Crippen molar-refractivity contribution in [3.8, 4) is 5.75 Å². The fourth-order valence-electron chi connectivity index (χ4n) is 4.10. The predicted molar refractivity (Wildman–Crippen MR) is 106 cm³/mol. The van der Waals surface area contributed by atoms with Crippen molar-refractivity contribution in [1.29, 1.82) is 0 Å². The highest BCUT2D eigenvalue weighted by Crippen LogP contribution is 2.29. The Morgan fingerprint density at radius 2 is 1.52 bits per heavy atom. The molecule has 11 heteroatoms. The topological polar surface area (TPSA) is 96.5 Å². The molecule has 29 heavy (non-hydrogen) atoms. The molecular weight excluding hydrogens is 418 g/mol. The van der Waals surface area contributed by atoms with Crippen molar-refractivity contribution in [3.05, 3.63) is 23.8 Å². The van der Waals surface area contributed by atoms with Crippen LogP contribution < -0.4 is 4.74 Å². The van der Waals surface area contributed by atoms with E-state index >= 15 is 0 Å². The lowest BCUT2D eigenvalue weighted by Gasteiger charge is -2.40. The molecule has 3 aliphatic heterocycles. The number of hydrogen-bond donors (Lipinski definition) is 0. The van der Waals surface area contributed by atoms with E-state index in [1.165, 1.54) is 12.9 Å². The van der Waals surface area contributed by atoms with Crippen LogP contribution >= 0.6 is 0 Å². The zero-order valence-corrected chi connectivity index (χ0v) is 18.3. The zero-order valence-electron chi connectivity index (χ0n) is 16.7. The number of piperazine rings is 1. The van der Waals surface area contributed by atoms with Gasteiger partial charge < -0.3 is 9.47 Å². The van der Waals surface area contributed by atoms with Gasteiger partial charge in [0.05, 0.1) is 23.7 Å². The molecule has 2 atom stereocenters. The van der Waals surface area contributed by atoms with Crippen LogP contribution in [0.3, 0.4) is 0 Å². The molecule has 0 amide bonds. The van der Waals surface area contributed by atoms with Crippen LogP contribution in [0.5, 0.6) is 5.75 Å². The van der Waals surface area contributed by atoms with E-state index < -0.39 is 20.2 Å². The zero-order chi connectivity index (χ0) is 20.8. The maximum atomic E-state index is 13.0. The fourth-order valence-corrected chi connectivity index (χ4v) is 7.32. The Hall–Kier alpha value is -1.24. The second kappa shape index (κ2) is 7.78. The first kappa shape index (κ1) is 21.0. The van der Waals surface area contributed by atoms with Crippen LogP contribution in [-0.4, -0.2) is 87.8 Å². The molecule has 0 N–H and O–H groups in total. The molecule has 1 aromatic carbocycles. The molecule has 0 radical (unpaired) electrons. The van der Waals surface area contributed by atoms with Gasteiger partial charge in [-0.25, -0.2) is 8.42 Å². The van der Waals surface area contributed by atoms with Gasteiger partial charge in [0.1, 0.15) is 5.75 Å². The summed E-state index contributed by atoms with van der Waals surface area (Å²) in [6.45, 7) is 5.41. The van der Waals surface area contributed by atoms with Gasteiger partial charge in [-0.15, -0.1) is 0 Å². The summed E-state index contributed by atoms with van der Waals surface area (Å²) in [4.78, 5) is 0.230. The number of nitrogens with zero attached hydrogens (tertiary/aromatic N) is 3. The number of rotatable bonds is 4. The van der Waals surface area contributed by atoms with Crippen molar-refractivity contribution >= 4 is 20.2 Å². The molecule has 0 saturated carbocycles. The van der Waals surface area contributed by atoms with Gasteiger partial charge in [-0.3, -0.25) is 0 Å². The van der Waals surface area contributed by atoms with Crippen molar-refractivity contribution in [1.82, 2.24) is 12.9 Å². The third-order valence-electron chi connectivity index (χ3n) is 5.53. The van der Waals surface area contributed by atoms with Crippen molar-refractivity contribution in [3.63, 3.8) is 0 Å². The van der Waals surface area contributed by atoms with Crippen LogP contribution in [0.2, 0.25) is 0 Å². The minimum atomic E-state index is -3.67. The van der Waals surface area contributed by atoms with E-state index in [-0.39, 0.29) is 43.3 Å². The van der Waals surface area contributed by atoms with Crippen LogP contribution in [0.25, 0.3) is 0 Å². The Labute approximate surface area is 172 Å². The molecule has 2 unspecified atom stereocenters. The highest BCUT2D eigenvalue weighted by Gasteiger charge is 2.38. The van der Waals surface area contributed by atoms with E-state index in [1.807, 2.05) is 13.8 Å². The highest BCUT2D eigenvalue weighted by atomic mass is 32.2. The number of hydrogen-bond acceptors (Lipinski definition) is 6. The van der Waals surface area contributed by atoms with E-state index in [0.29, 0.717) is 26.1 Å². The summed E-state index contributed by atoms with van der Waals surface area (Å²) in [6, 6.07) is 4.91. The molecule has 0 spiro atoms. The van der Waals surface area contributed by atoms with Crippen LogP contribution in [-0.2, 0) is 31.4 Å². The Morgan fingerprint density at radius 3 is 2.17 bits per heavy atom. The third-order valence-corrected chi connectivity index (χ3v) is 9.40. The number of fused-ring (bicyclic) bond motifs is 1. The van der Waals surface area contributed by atoms with Gasteiger partial charge in [-0.1, -0.05) is 0 Å². The maximum absolute atomic E-state index is 13.0. The first-order chi connectivity index (χ1) is 13.7. The van der Waals surface area contributed by atoms with Gasteiger partial charge in [0, 0.05) is 45.7 Å². The molecule has 3 aliphatic rings. The van der Waals surface area contributed by atoms with Crippen molar-refractivity contribution in [2.75, 3.05) is 45.9 Å². The van der Waals surface area contributed by atoms with Crippen LogP contribution in [0.4, 0.5) is 0 Å². The minimum absolute atomic E-state index is 0.130. The van der Waals surface area contributed by atoms with E-state index in [4.69, 9.17) is 9.47 Å². The lowest BCUT2D eigenvalue weighted by molar-refractivity contribution is -0.0456. The summed E-state index contributed by atoms with van der Waals surface area (Å²) in [5.74, 6) is 0.730. The third kappa shape index (κ3) is 4.04. The molecule has 0 aliphatic carbocycles. The SMILES string of the molecule is CC1CN(S(=O)(=O)N2CCN(S(=O)(=O)c3ccc4c(c3)CCO4)CC2)CC(C)O1. The second-order valence-electron chi connectivity index (χ2n) is 7.75. The number of benzene rings is 1. The molecule has 4 rings (SSSR count). The summed E-state index contributed by atoms with van der Waals surface area (Å²) in [5.41, 5.74) is 0.892. The maximum Gasteiger partial charge on any atom is 0.282 e. The van der Waals surface area contributed by atoms with Crippen molar-refractivity contribution in [2.24, 2.45) is 0 Å². The molecule has 2 saturated heterocycles. The molecular formula is C18H27N3O6S2. The lowest BCUT2D eigenvalue weighted by atomic mass is 10.2. The van der Waals surface area contributed by atoms with Gasteiger partial charge in [0.2, 0.25) is 10.0 Å². The largest absolute Gasteiger partial charge is 0.493 e. The van der Waals surface area contributed by atoms with E-state index in [9.17, 15) is 16.8 Å². The van der Waals surface area contributed by atoms with Crippen LogP contribution in [0.1, 0.15) is 19.4 Å². The monoisotopic (exact) mass is 445 g/mol. The molecule has 162 valence electrons. The summed E-state index contributed by atoms with van der Waals surface area (Å²) < 4.78 is 67.3. The molecule has 0 aromatic heterocycles. The standard InChI is InChI=1S/C18H27N3O6S2/c1-14-12-21(13-15(2)27-14)29(24,25)20-8-6-19(7-9-20)28(22,23)17-3-4-18-16(11-17)5-10-26-18/h3-4,11,14-15H,5-10,12-13H2,1-2H3. The van der Waals surface area contributed by atoms with Crippen molar-refractivity contribution in [2.45, 2.75) is 37.4 Å². The minimum Gasteiger partial charge on any atom is -0.493 e. The number of ether oxygens (including phenoxy) is 2. The second-order valence-corrected chi connectivity index (χ2v) is 11.6. The van der Waals surface area contributed by atoms with Crippen LogP contribution in [0, 0.1) is 0 Å². The Morgan fingerprint density at radius 1 is 0.897 bits per heavy atom. The van der Waals surface area contributed by atoms with Crippen LogP contribution in [0.15, 0.2) is 23.1 Å². The van der Waals surface area contributed by atoms with Gasteiger partial charge in [-0.2, -0.15) is 21.3 Å². The van der Waals surface area contributed by atoms with Gasteiger partial charge >= 0.3 is 0 Å². The predicted octanol–water partition coefficient (Wildman–Crippen LogP) is 0.282. The first-order valence-electron chi connectivity index (χ1n) is 9.84. The van der Waals surface area contributed by atoms with Gasteiger partial charge in [-0.05, 0) is 37.6 Å². The Bertz CT molecular complexity index is 963. The normalized spacial score (nSPS) is 27.5. The molecule has 3 heterocycles. The fraction of sp³-hybridized carbons (Fsp3) is 0.667. The smallest absolute Gasteiger partial charge is 0.282 e. The Kier molecular flexibility index (Phi) is 5.64.